The van der Waals surface area contributed by atoms with E-state index in [2.05, 4.69) is 27.1 Å². The van der Waals surface area contributed by atoms with Crippen molar-refractivity contribution in [2.75, 3.05) is 24.5 Å². The number of rotatable bonds is 8. The summed E-state index contributed by atoms with van der Waals surface area (Å²) >= 11 is 7.82. The molecule has 2 aromatic heterocycles. The summed E-state index contributed by atoms with van der Waals surface area (Å²) in [6, 6.07) is 15.3. The van der Waals surface area contributed by atoms with Crippen molar-refractivity contribution in [3.05, 3.63) is 76.7 Å². The third-order valence-electron chi connectivity index (χ3n) is 5.72. The van der Waals surface area contributed by atoms with E-state index >= 15 is 0 Å². The van der Waals surface area contributed by atoms with Crippen molar-refractivity contribution in [3.63, 3.8) is 0 Å². The number of carbonyl (C=O) groups excluding carboxylic acids is 1. The number of pyridine rings is 1. The second-order valence-corrected chi connectivity index (χ2v) is 9.65. The second-order valence-electron chi connectivity index (χ2n) is 8.32. The highest BCUT2D eigenvalue weighted by atomic mass is 35.5. The van der Waals surface area contributed by atoms with E-state index in [0.717, 1.165) is 36.1 Å². The summed E-state index contributed by atoms with van der Waals surface area (Å²) in [5, 5.41) is 4.08. The molecule has 4 rings (SSSR count). The smallest absolute Gasteiger partial charge is 0.251 e. The molecule has 1 aliphatic heterocycles. The number of benzene rings is 1. The van der Waals surface area contributed by atoms with Crippen LogP contribution in [-0.4, -0.2) is 40.5 Å². The van der Waals surface area contributed by atoms with Gasteiger partial charge in [0.2, 0.25) is 0 Å². The number of hydrogen-bond acceptors (Lipinski definition) is 6. The van der Waals surface area contributed by atoms with E-state index in [1.54, 1.807) is 6.20 Å². The molecule has 1 fully saturated rings. The Kier molecular flexibility index (Phi) is 8.18. The van der Waals surface area contributed by atoms with Gasteiger partial charge in [-0.1, -0.05) is 48.5 Å². The van der Waals surface area contributed by atoms with Gasteiger partial charge in [-0.15, -0.1) is 0 Å². The molecule has 33 heavy (non-hydrogen) atoms. The van der Waals surface area contributed by atoms with Crippen molar-refractivity contribution >= 4 is 35.1 Å². The van der Waals surface area contributed by atoms with Gasteiger partial charge in [0.05, 0.1) is 0 Å². The highest BCUT2D eigenvalue weighted by molar-refractivity contribution is 7.98. The number of amides is 1. The van der Waals surface area contributed by atoms with Crippen LogP contribution in [0, 0.1) is 5.92 Å². The minimum absolute atomic E-state index is 0.0848. The minimum atomic E-state index is -0.0848. The zero-order valence-electron chi connectivity index (χ0n) is 18.7. The van der Waals surface area contributed by atoms with Gasteiger partial charge in [-0.25, -0.2) is 9.97 Å². The number of anilines is 1. The molecule has 0 spiro atoms. The SMILES string of the molecule is CC1CCN(c2cc(Cl)nc(SCc3cccc(C(=O)NCCc4ccccn4)c3)n2)CC1. The van der Waals surface area contributed by atoms with Crippen LogP contribution >= 0.6 is 23.4 Å². The van der Waals surface area contributed by atoms with Gasteiger partial charge < -0.3 is 10.2 Å². The van der Waals surface area contributed by atoms with E-state index in [4.69, 9.17) is 16.6 Å². The van der Waals surface area contributed by atoms with Gasteiger partial charge in [0, 0.05) is 55.3 Å². The van der Waals surface area contributed by atoms with Gasteiger partial charge in [-0.05, 0) is 48.6 Å². The summed E-state index contributed by atoms with van der Waals surface area (Å²) in [5.41, 5.74) is 2.64. The maximum absolute atomic E-state index is 12.6. The Hall–Kier alpha value is -2.64. The van der Waals surface area contributed by atoms with E-state index in [0.29, 0.717) is 34.6 Å². The Morgan fingerprint density at radius 3 is 2.79 bits per heavy atom. The maximum atomic E-state index is 12.6. The lowest BCUT2D eigenvalue weighted by atomic mass is 9.99. The summed E-state index contributed by atoms with van der Waals surface area (Å²) in [5.74, 6) is 2.22. The number of carbonyl (C=O) groups is 1. The highest BCUT2D eigenvalue weighted by Crippen LogP contribution is 2.27. The predicted molar refractivity (Wildman–Crippen MR) is 134 cm³/mol. The van der Waals surface area contributed by atoms with Gasteiger partial charge in [0.15, 0.2) is 5.16 Å². The standard InChI is InChI=1S/C25H28ClN5OS/c1-18-9-13-31(14-10-18)23-16-22(26)29-25(30-23)33-17-19-5-4-6-20(15-19)24(32)28-12-8-21-7-2-3-11-27-21/h2-7,11,15-16,18H,8-10,12-14,17H2,1H3,(H,28,32). The van der Waals surface area contributed by atoms with Crippen molar-refractivity contribution in [1.82, 2.24) is 20.3 Å². The second kappa shape index (κ2) is 11.5. The average Bonchev–Trinajstić information content (AvgIpc) is 2.84. The van der Waals surface area contributed by atoms with Crippen LogP contribution in [0.5, 0.6) is 0 Å². The van der Waals surface area contributed by atoms with Crippen molar-refractivity contribution < 1.29 is 4.79 Å². The van der Waals surface area contributed by atoms with Crippen molar-refractivity contribution in [3.8, 4) is 0 Å². The average molecular weight is 482 g/mol. The van der Waals surface area contributed by atoms with E-state index in [1.165, 1.54) is 24.6 Å². The first-order valence-electron chi connectivity index (χ1n) is 11.3. The Bertz CT molecular complexity index is 1070. The largest absolute Gasteiger partial charge is 0.356 e. The molecule has 8 heteroatoms. The predicted octanol–water partition coefficient (Wildman–Crippen LogP) is 5.03. The van der Waals surface area contributed by atoms with Crippen LogP contribution < -0.4 is 10.2 Å². The summed E-state index contributed by atoms with van der Waals surface area (Å²) in [6.07, 6.45) is 4.80. The van der Waals surface area contributed by atoms with Gasteiger partial charge in [0.25, 0.3) is 5.91 Å². The Morgan fingerprint density at radius 2 is 2.00 bits per heavy atom. The molecule has 0 aliphatic carbocycles. The Balaban J connectivity index is 1.33. The van der Waals surface area contributed by atoms with Crippen molar-refractivity contribution in [2.45, 2.75) is 37.1 Å². The molecule has 0 radical (unpaired) electrons. The van der Waals surface area contributed by atoms with Gasteiger partial charge in [0.1, 0.15) is 11.0 Å². The van der Waals surface area contributed by atoms with Crippen LogP contribution in [0.15, 0.2) is 59.9 Å². The first-order chi connectivity index (χ1) is 16.1. The monoisotopic (exact) mass is 481 g/mol. The van der Waals surface area contributed by atoms with Crippen molar-refractivity contribution in [1.29, 1.82) is 0 Å². The molecule has 6 nitrogen and oxygen atoms in total. The van der Waals surface area contributed by atoms with Gasteiger partial charge in [-0.3, -0.25) is 9.78 Å². The molecule has 172 valence electrons. The molecular formula is C25H28ClN5OS. The topological polar surface area (TPSA) is 71.0 Å². The molecule has 3 heterocycles. The number of nitrogens with zero attached hydrogens (tertiary/aromatic N) is 4. The van der Waals surface area contributed by atoms with Crippen LogP contribution in [0.3, 0.4) is 0 Å². The molecule has 0 atom stereocenters. The molecule has 1 N–H and O–H groups in total. The van der Waals surface area contributed by atoms with E-state index in [9.17, 15) is 4.79 Å². The van der Waals surface area contributed by atoms with E-state index in [-0.39, 0.29) is 5.91 Å². The number of hydrogen-bond donors (Lipinski definition) is 1. The number of nitrogens with one attached hydrogen (secondary N) is 1. The fourth-order valence-electron chi connectivity index (χ4n) is 3.75. The summed E-state index contributed by atoms with van der Waals surface area (Å²) in [6.45, 7) is 4.83. The minimum Gasteiger partial charge on any atom is -0.356 e. The molecule has 0 bridgehead atoms. The molecular weight excluding hydrogens is 454 g/mol. The van der Waals surface area contributed by atoms with Crippen LogP contribution in [0.4, 0.5) is 5.82 Å². The first-order valence-corrected chi connectivity index (χ1v) is 12.6. The number of piperidine rings is 1. The van der Waals surface area contributed by atoms with Gasteiger partial charge in [-0.2, -0.15) is 0 Å². The third-order valence-corrected chi connectivity index (χ3v) is 6.83. The van der Waals surface area contributed by atoms with Crippen LogP contribution in [0.25, 0.3) is 0 Å². The molecule has 1 saturated heterocycles. The Labute approximate surface area is 204 Å². The molecule has 1 aromatic carbocycles. The van der Waals surface area contributed by atoms with Crippen molar-refractivity contribution in [2.24, 2.45) is 5.92 Å². The maximum Gasteiger partial charge on any atom is 0.251 e. The quantitative estimate of drug-likeness (QED) is 0.276. The molecule has 1 amide bonds. The lowest BCUT2D eigenvalue weighted by Gasteiger charge is -2.31. The van der Waals surface area contributed by atoms with Crippen LogP contribution in [0.2, 0.25) is 5.15 Å². The molecule has 0 unspecified atom stereocenters. The van der Waals surface area contributed by atoms with Crippen LogP contribution in [0.1, 0.15) is 41.4 Å². The summed E-state index contributed by atoms with van der Waals surface area (Å²) in [4.78, 5) is 28.3. The lowest BCUT2D eigenvalue weighted by Crippen LogP contribution is -2.33. The zero-order valence-corrected chi connectivity index (χ0v) is 20.3. The number of thioether (sulfide) groups is 1. The normalized spacial score (nSPS) is 14.3. The summed E-state index contributed by atoms with van der Waals surface area (Å²) < 4.78 is 0. The molecule has 0 saturated carbocycles. The third kappa shape index (κ3) is 6.92. The Morgan fingerprint density at radius 1 is 1.15 bits per heavy atom. The number of aromatic nitrogens is 3. The first kappa shape index (κ1) is 23.5. The van der Waals surface area contributed by atoms with E-state index < -0.39 is 0 Å². The lowest BCUT2D eigenvalue weighted by molar-refractivity contribution is 0.0954. The number of halogens is 1. The zero-order chi connectivity index (χ0) is 23.0. The van der Waals surface area contributed by atoms with Gasteiger partial charge >= 0.3 is 0 Å². The van der Waals surface area contributed by atoms with E-state index in [1.807, 2.05) is 48.5 Å². The van der Waals surface area contributed by atoms with Crippen LogP contribution in [-0.2, 0) is 12.2 Å². The highest BCUT2D eigenvalue weighted by Gasteiger charge is 2.18. The fourth-order valence-corrected chi connectivity index (χ4v) is 4.78. The fraction of sp³-hybridized carbons (Fsp3) is 0.360. The molecule has 1 aliphatic rings. The summed E-state index contributed by atoms with van der Waals surface area (Å²) in [7, 11) is 0. The molecule has 3 aromatic rings.